The Morgan fingerprint density at radius 2 is 1.50 bits per heavy atom. The number of nitrogens with zero attached hydrogens (tertiary/aromatic N) is 5. The van der Waals surface area contributed by atoms with Crippen LogP contribution in [0, 0.1) is 16.7 Å². The molecule has 3 saturated carbocycles. The van der Waals surface area contributed by atoms with Crippen molar-refractivity contribution in [3.05, 3.63) is 18.0 Å². The number of piperazine rings is 1. The minimum Gasteiger partial charge on any atom is -0.332 e. The van der Waals surface area contributed by atoms with Crippen molar-refractivity contribution in [2.75, 3.05) is 44.2 Å². The molecule has 6 aliphatic rings. The Kier molecular flexibility index (Phi) is 6.64. The third kappa shape index (κ3) is 4.40. The highest BCUT2D eigenvalue weighted by Crippen LogP contribution is 2.58. The zero-order valence-corrected chi connectivity index (χ0v) is 22.9. The van der Waals surface area contributed by atoms with Gasteiger partial charge in [0.05, 0.1) is 0 Å². The molecule has 0 spiro atoms. The summed E-state index contributed by atoms with van der Waals surface area (Å²) >= 11 is 0. The number of anilines is 1. The molecule has 7 rings (SSSR count). The van der Waals surface area contributed by atoms with E-state index >= 15 is 0 Å². The number of likely N-dealkylation sites (tertiary alicyclic amines) is 2. The number of carbonyl (C=O) groups is 1. The van der Waals surface area contributed by atoms with E-state index in [2.05, 4.69) is 47.9 Å². The Hall–Kier alpha value is -1.53. The van der Waals surface area contributed by atoms with Crippen molar-refractivity contribution in [3.63, 3.8) is 0 Å². The molecule has 0 N–H and O–H groups in total. The molecule has 198 valence electrons. The first-order valence-electron chi connectivity index (χ1n) is 15.0. The molecular weight excluding hydrogens is 446 g/mol. The second kappa shape index (κ2) is 9.65. The Balaban J connectivity index is 1.02. The summed E-state index contributed by atoms with van der Waals surface area (Å²) in [5, 5.41) is 0. The van der Waals surface area contributed by atoms with Crippen molar-refractivity contribution in [1.82, 2.24) is 19.8 Å². The fraction of sp³-hybridized carbons (Fsp3) is 0.833. The molecular formula is C30H47N5O. The van der Waals surface area contributed by atoms with E-state index in [0.29, 0.717) is 29.2 Å². The minimum absolute atomic E-state index is 0.0260. The smallest absolute Gasteiger partial charge is 0.225 e. The Bertz CT molecular complexity index is 899. The lowest BCUT2D eigenvalue weighted by molar-refractivity contribution is -0.142. The molecule has 1 aromatic rings. The first-order valence-corrected chi connectivity index (χ1v) is 15.0. The highest BCUT2D eigenvalue weighted by molar-refractivity contribution is 5.86. The first-order chi connectivity index (χ1) is 17.4. The highest BCUT2D eigenvalue weighted by Gasteiger charge is 2.52. The van der Waals surface area contributed by atoms with E-state index in [1.807, 2.05) is 0 Å². The van der Waals surface area contributed by atoms with Crippen molar-refractivity contribution >= 4 is 11.7 Å². The lowest BCUT2D eigenvalue weighted by Gasteiger charge is -2.55. The predicted molar refractivity (Wildman–Crippen MR) is 144 cm³/mol. The fourth-order valence-electron chi connectivity index (χ4n) is 8.63. The Labute approximate surface area is 218 Å². The molecule has 6 fully saturated rings. The van der Waals surface area contributed by atoms with Gasteiger partial charge >= 0.3 is 0 Å². The summed E-state index contributed by atoms with van der Waals surface area (Å²) in [5.74, 6) is 2.28. The molecule has 1 aromatic heterocycles. The quantitative estimate of drug-likeness (QED) is 0.539. The number of rotatable bonds is 7. The summed E-state index contributed by atoms with van der Waals surface area (Å²) in [5.41, 5.74) is 1.83. The maximum Gasteiger partial charge on any atom is 0.225 e. The van der Waals surface area contributed by atoms with Crippen LogP contribution < -0.4 is 4.90 Å². The largest absolute Gasteiger partial charge is 0.332 e. The maximum absolute atomic E-state index is 12.9. The number of piperidine rings is 1. The molecule has 2 atom stereocenters. The van der Waals surface area contributed by atoms with E-state index < -0.39 is 0 Å². The van der Waals surface area contributed by atoms with Gasteiger partial charge in [0, 0.05) is 55.4 Å². The van der Waals surface area contributed by atoms with Crippen LogP contribution in [0.1, 0.15) is 96.5 Å². The molecule has 2 unspecified atom stereocenters. The van der Waals surface area contributed by atoms with Gasteiger partial charge in [0.15, 0.2) is 0 Å². The third-order valence-electron chi connectivity index (χ3n) is 11.0. The van der Waals surface area contributed by atoms with Crippen molar-refractivity contribution < 1.29 is 4.79 Å². The van der Waals surface area contributed by atoms with Gasteiger partial charge in [-0.1, -0.05) is 20.8 Å². The van der Waals surface area contributed by atoms with Gasteiger partial charge < -0.3 is 9.80 Å². The van der Waals surface area contributed by atoms with E-state index in [4.69, 9.17) is 9.97 Å². The third-order valence-corrected chi connectivity index (χ3v) is 11.0. The van der Waals surface area contributed by atoms with Gasteiger partial charge in [0.2, 0.25) is 5.95 Å². The monoisotopic (exact) mass is 493 g/mol. The molecule has 3 aliphatic heterocycles. The van der Waals surface area contributed by atoms with Crippen LogP contribution in [0.2, 0.25) is 0 Å². The number of likely N-dealkylation sites (N-methyl/N-ethyl adjacent to an activating group) is 1. The summed E-state index contributed by atoms with van der Waals surface area (Å²) in [7, 11) is 0. The Morgan fingerprint density at radius 3 is 2.03 bits per heavy atom. The van der Waals surface area contributed by atoms with Crippen molar-refractivity contribution in [3.8, 4) is 0 Å². The summed E-state index contributed by atoms with van der Waals surface area (Å²) in [4.78, 5) is 30.5. The molecule has 0 amide bonds. The lowest BCUT2D eigenvalue weighted by Crippen LogP contribution is -2.54. The summed E-state index contributed by atoms with van der Waals surface area (Å²) in [6.45, 7) is 13.5. The van der Waals surface area contributed by atoms with Crippen LogP contribution in [0.15, 0.2) is 12.4 Å². The fourth-order valence-corrected chi connectivity index (χ4v) is 8.63. The van der Waals surface area contributed by atoms with E-state index in [9.17, 15) is 4.79 Å². The average molecular weight is 494 g/mol. The van der Waals surface area contributed by atoms with Crippen LogP contribution in [0.25, 0.3) is 0 Å². The molecule has 0 radical (unpaired) electrons. The van der Waals surface area contributed by atoms with Gasteiger partial charge in [-0.3, -0.25) is 9.69 Å². The topological polar surface area (TPSA) is 52.6 Å². The summed E-state index contributed by atoms with van der Waals surface area (Å²) in [6.07, 6.45) is 16.5. The summed E-state index contributed by atoms with van der Waals surface area (Å²) in [6, 6.07) is 1.18. The Morgan fingerprint density at radius 1 is 0.917 bits per heavy atom. The van der Waals surface area contributed by atoms with Gasteiger partial charge in [-0.05, 0) is 101 Å². The first kappa shape index (κ1) is 24.8. The van der Waals surface area contributed by atoms with Crippen molar-refractivity contribution in [2.24, 2.45) is 16.7 Å². The molecule has 6 heteroatoms. The van der Waals surface area contributed by atoms with Crippen molar-refractivity contribution in [2.45, 2.75) is 103 Å². The predicted octanol–water partition coefficient (Wildman–Crippen LogP) is 4.89. The van der Waals surface area contributed by atoms with Crippen LogP contribution >= 0.6 is 0 Å². The molecule has 36 heavy (non-hydrogen) atoms. The number of hydrogen-bond donors (Lipinski definition) is 0. The van der Waals surface area contributed by atoms with Crippen LogP contribution in [0.4, 0.5) is 5.95 Å². The number of ketones is 1. The van der Waals surface area contributed by atoms with Gasteiger partial charge in [-0.25, -0.2) is 9.97 Å². The van der Waals surface area contributed by atoms with E-state index in [1.54, 1.807) is 0 Å². The normalized spacial score (nSPS) is 35.6. The molecule has 3 saturated heterocycles. The summed E-state index contributed by atoms with van der Waals surface area (Å²) < 4.78 is 0. The highest BCUT2D eigenvalue weighted by atomic mass is 16.1. The standard InChI is InChI=1S/C30H47N5O/c1-4-33-19-25-5-6-26(20-33)35(25)28-31-17-24(18-32-28)23-7-15-34(16-8-23)21-29-9-12-30(13-10-29,14-11-29)27(36)22(2)3/h17-18,22-23,25-26H,4-16,19-21H2,1-3H3. The zero-order chi connectivity index (χ0) is 24.9. The van der Waals surface area contributed by atoms with Gasteiger partial charge in [-0.2, -0.15) is 0 Å². The molecule has 6 nitrogen and oxygen atoms in total. The van der Waals surface area contributed by atoms with E-state index in [1.165, 1.54) is 70.1 Å². The van der Waals surface area contributed by atoms with Crippen LogP contribution in [-0.2, 0) is 4.79 Å². The van der Waals surface area contributed by atoms with Crippen LogP contribution in [0.5, 0.6) is 0 Å². The van der Waals surface area contributed by atoms with Gasteiger partial charge in [0.1, 0.15) is 5.78 Å². The van der Waals surface area contributed by atoms with E-state index in [0.717, 1.165) is 44.8 Å². The van der Waals surface area contributed by atoms with Crippen LogP contribution in [-0.4, -0.2) is 76.9 Å². The number of carbonyl (C=O) groups excluding carboxylic acids is 1. The van der Waals surface area contributed by atoms with E-state index in [-0.39, 0.29) is 11.3 Å². The number of hydrogen-bond acceptors (Lipinski definition) is 6. The minimum atomic E-state index is 0.0260. The van der Waals surface area contributed by atoms with Crippen LogP contribution in [0.3, 0.4) is 0 Å². The number of aromatic nitrogens is 2. The van der Waals surface area contributed by atoms with Crippen molar-refractivity contribution in [1.29, 1.82) is 0 Å². The number of fused-ring (bicyclic) bond motifs is 5. The number of Topliss-reactive ketones (excluding diaryl/α,β-unsaturated/α-hetero) is 1. The molecule has 4 heterocycles. The zero-order valence-electron chi connectivity index (χ0n) is 22.9. The van der Waals surface area contributed by atoms with Gasteiger partial charge in [0.25, 0.3) is 0 Å². The van der Waals surface area contributed by atoms with Gasteiger partial charge in [-0.15, -0.1) is 0 Å². The molecule has 0 aromatic carbocycles. The maximum atomic E-state index is 12.9. The average Bonchev–Trinajstić information content (AvgIpc) is 3.18. The molecule has 3 aliphatic carbocycles. The second-order valence-corrected chi connectivity index (χ2v) is 13.3. The molecule has 4 bridgehead atoms. The second-order valence-electron chi connectivity index (χ2n) is 13.3. The SMILES string of the molecule is CCN1CC2CCC(C1)N2c1ncc(C2CCN(CC34CCC(C(=O)C(C)C)(CC3)CC4)CC2)cn1. The lowest BCUT2D eigenvalue weighted by atomic mass is 9.51.